The number of carbonyl (C=O) groups is 2. The van der Waals surface area contributed by atoms with E-state index in [0.717, 1.165) is 0 Å². The van der Waals surface area contributed by atoms with E-state index in [1.165, 1.54) is 4.90 Å². The lowest BCUT2D eigenvalue weighted by atomic mass is 9.99. The number of amides is 2. The van der Waals surface area contributed by atoms with E-state index in [0.29, 0.717) is 41.1 Å². The minimum atomic E-state index is -5.14. The minimum absolute atomic E-state index is 0.0214. The molecule has 40 heavy (non-hydrogen) atoms. The lowest BCUT2D eigenvalue weighted by Crippen LogP contribution is -2.50. The zero-order valence-electron chi connectivity index (χ0n) is 21.5. The molecule has 1 aliphatic heterocycles. The van der Waals surface area contributed by atoms with Gasteiger partial charge in [0.25, 0.3) is 5.91 Å². The van der Waals surface area contributed by atoms with Gasteiger partial charge in [0.05, 0.1) is 28.9 Å². The van der Waals surface area contributed by atoms with Crippen molar-refractivity contribution in [2.75, 3.05) is 4.90 Å². The second kappa shape index (κ2) is 11.1. The first-order valence-corrected chi connectivity index (χ1v) is 12.4. The quantitative estimate of drug-likeness (QED) is 0.355. The number of nitrogens with one attached hydrogen (secondary N) is 1. The van der Waals surface area contributed by atoms with E-state index in [-0.39, 0.29) is 12.1 Å². The molecule has 0 unspecified atom stereocenters. The molecule has 0 aromatic heterocycles. The summed E-state index contributed by atoms with van der Waals surface area (Å²) in [5.41, 5.74) is -1.49. The number of aliphatic imine (C=N–C) groups is 1. The van der Waals surface area contributed by atoms with E-state index in [1.807, 2.05) is 13.8 Å². The first-order chi connectivity index (χ1) is 18.8. The number of fused-ring (bicyclic) bond motifs is 1. The molecule has 3 aromatic rings. The lowest BCUT2D eigenvalue weighted by Gasteiger charge is -2.30. The summed E-state index contributed by atoms with van der Waals surface area (Å²) >= 11 is 0. The first kappa shape index (κ1) is 28.8. The van der Waals surface area contributed by atoms with Crippen LogP contribution in [0.1, 0.15) is 48.1 Å². The number of benzodiazepines with no additional fused rings is 1. The van der Waals surface area contributed by atoms with Crippen LogP contribution in [0.2, 0.25) is 0 Å². The average molecular weight is 562 g/mol. The highest BCUT2D eigenvalue weighted by Crippen LogP contribution is 2.37. The smallest absolute Gasteiger partial charge is 0.326 e. The Morgan fingerprint density at radius 1 is 0.950 bits per heavy atom. The average Bonchev–Trinajstić information content (AvgIpc) is 3.02. The topological polar surface area (TPSA) is 61.8 Å². The van der Waals surface area contributed by atoms with E-state index < -0.39 is 53.4 Å². The molecule has 0 aliphatic carbocycles. The third-order valence-corrected chi connectivity index (χ3v) is 6.62. The van der Waals surface area contributed by atoms with Gasteiger partial charge >= 0.3 is 12.4 Å². The standard InChI is InChI=1S/C29H25F6N3O2/c1-3-17(2)38-23-12-8-7-11-21(23)25(18-9-5-4-6-10-18)37-26(27(38)40)36-24(39)15-19-13-14-20(28(30,31)32)16-22(19)29(33,34)35/h4-14,16-17,26H,3,15H2,1-2H3,(H,36,39)/t17-,26-/m1/s1. The van der Waals surface area contributed by atoms with Crippen molar-refractivity contribution in [2.24, 2.45) is 4.99 Å². The molecule has 0 saturated heterocycles. The van der Waals surface area contributed by atoms with Crippen LogP contribution in [-0.2, 0) is 28.4 Å². The van der Waals surface area contributed by atoms with E-state index in [9.17, 15) is 35.9 Å². The van der Waals surface area contributed by atoms with Crippen molar-refractivity contribution in [1.29, 1.82) is 0 Å². The Kier molecular flexibility index (Phi) is 8.04. The van der Waals surface area contributed by atoms with Crippen LogP contribution in [0.15, 0.2) is 77.8 Å². The maximum Gasteiger partial charge on any atom is 0.416 e. The molecule has 0 radical (unpaired) electrons. The van der Waals surface area contributed by atoms with Gasteiger partial charge in [-0.15, -0.1) is 0 Å². The highest BCUT2D eigenvalue weighted by Gasteiger charge is 2.39. The number of hydrogen-bond acceptors (Lipinski definition) is 3. The van der Waals surface area contributed by atoms with Crippen molar-refractivity contribution >= 4 is 23.2 Å². The molecule has 4 rings (SSSR count). The number of para-hydroxylation sites is 1. The van der Waals surface area contributed by atoms with Gasteiger partial charge in [-0.2, -0.15) is 26.3 Å². The van der Waals surface area contributed by atoms with Crippen LogP contribution in [-0.4, -0.2) is 29.7 Å². The van der Waals surface area contributed by atoms with Gasteiger partial charge in [0, 0.05) is 17.2 Å². The summed E-state index contributed by atoms with van der Waals surface area (Å²) in [4.78, 5) is 32.8. The Morgan fingerprint density at radius 2 is 1.60 bits per heavy atom. The maximum absolute atomic E-state index is 13.8. The van der Waals surface area contributed by atoms with Crippen molar-refractivity contribution in [1.82, 2.24) is 5.32 Å². The minimum Gasteiger partial charge on any atom is -0.326 e. The van der Waals surface area contributed by atoms with Crippen molar-refractivity contribution in [3.8, 4) is 0 Å². The summed E-state index contributed by atoms with van der Waals surface area (Å²) in [6, 6.07) is 16.7. The fourth-order valence-corrected chi connectivity index (χ4v) is 4.49. The molecule has 0 saturated carbocycles. The highest BCUT2D eigenvalue weighted by molar-refractivity contribution is 6.20. The van der Waals surface area contributed by atoms with Crippen molar-refractivity contribution in [2.45, 2.75) is 51.2 Å². The molecule has 11 heteroatoms. The number of benzene rings is 3. The number of carbonyl (C=O) groups excluding carboxylic acids is 2. The molecule has 210 valence electrons. The maximum atomic E-state index is 13.8. The molecule has 0 fully saturated rings. The Hall–Kier alpha value is -4.15. The van der Waals surface area contributed by atoms with E-state index in [2.05, 4.69) is 10.3 Å². The predicted molar refractivity (Wildman–Crippen MR) is 138 cm³/mol. The third kappa shape index (κ3) is 6.03. The van der Waals surface area contributed by atoms with Crippen LogP contribution >= 0.6 is 0 Å². The van der Waals surface area contributed by atoms with E-state index in [4.69, 9.17) is 0 Å². The van der Waals surface area contributed by atoms with Gasteiger partial charge in [-0.3, -0.25) is 9.59 Å². The van der Waals surface area contributed by atoms with Gasteiger partial charge < -0.3 is 10.2 Å². The molecule has 2 amide bonds. The Labute approximate surface area is 226 Å². The Morgan fingerprint density at radius 3 is 2.23 bits per heavy atom. The number of anilines is 1. The summed E-state index contributed by atoms with van der Waals surface area (Å²) in [5.74, 6) is -1.60. The Bertz CT molecular complexity index is 1430. The molecule has 3 aromatic carbocycles. The van der Waals surface area contributed by atoms with E-state index in [1.54, 1.807) is 54.6 Å². The summed E-state index contributed by atoms with van der Waals surface area (Å²) in [6.07, 6.45) is -12.0. The molecule has 5 nitrogen and oxygen atoms in total. The second-order valence-electron chi connectivity index (χ2n) is 9.34. The van der Waals surface area contributed by atoms with Gasteiger partial charge in [-0.1, -0.05) is 61.5 Å². The van der Waals surface area contributed by atoms with Gasteiger partial charge in [-0.05, 0) is 37.1 Å². The number of nitrogens with zero attached hydrogens (tertiary/aromatic N) is 2. The molecule has 1 N–H and O–H groups in total. The summed E-state index contributed by atoms with van der Waals surface area (Å²) in [7, 11) is 0. The molecule has 0 bridgehead atoms. The number of hydrogen-bond donors (Lipinski definition) is 1. The summed E-state index contributed by atoms with van der Waals surface area (Å²) in [6.45, 7) is 3.69. The zero-order valence-corrected chi connectivity index (χ0v) is 21.5. The number of alkyl halides is 6. The highest BCUT2D eigenvalue weighted by atomic mass is 19.4. The van der Waals surface area contributed by atoms with Crippen LogP contribution in [0.5, 0.6) is 0 Å². The Balaban J connectivity index is 1.74. The van der Waals surface area contributed by atoms with Crippen LogP contribution in [0, 0.1) is 0 Å². The monoisotopic (exact) mass is 561 g/mol. The van der Waals surface area contributed by atoms with E-state index >= 15 is 0 Å². The van der Waals surface area contributed by atoms with Gasteiger partial charge in [-0.25, -0.2) is 4.99 Å². The molecular formula is C29H25F6N3O2. The SMILES string of the molecule is CC[C@@H](C)N1C(=O)[C@H](NC(=O)Cc2ccc(C(F)(F)F)cc2C(F)(F)F)N=C(c2ccccc2)c2ccccc21. The van der Waals surface area contributed by atoms with Gasteiger partial charge in [0.1, 0.15) is 0 Å². The first-order valence-electron chi connectivity index (χ1n) is 12.4. The fraction of sp³-hybridized carbons (Fsp3) is 0.276. The normalized spacial score (nSPS) is 16.6. The second-order valence-corrected chi connectivity index (χ2v) is 9.34. The van der Waals surface area contributed by atoms with Gasteiger partial charge in [0.15, 0.2) is 0 Å². The van der Waals surface area contributed by atoms with Crippen molar-refractivity contribution in [3.63, 3.8) is 0 Å². The largest absolute Gasteiger partial charge is 0.416 e. The predicted octanol–water partition coefficient (Wildman–Crippen LogP) is 6.39. The summed E-state index contributed by atoms with van der Waals surface area (Å²) < 4.78 is 80.1. The van der Waals surface area contributed by atoms with Crippen molar-refractivity contribution in [3.05, 3.63) is 101 Å². The zero-order chi connectivity index (χ0) is 29.2. The van der Waals surface area contributed by atoms with Crippen LogP contribution < -0.4 is 10.2 Å². The van der Waals surface area contributed by atoms with Crippen LogP contribution in [0.4, 0.5) is 32.0 Å². The molecule has 1 heterocycles. The molecule has 0 spiro atoms. The molecular weight excluding hydrogens is 536 g/mol. The van der Waals surface area contributed by atoms with Crippen LogP contribution in [0.25, 0.3) is 0 Å². The molecule has 1 aliphatic rings. The fourth-order valence-electron chi connectivity index (χ4n) is 4.49. The third-order valence-electron chi connectivity index (χ3n) is 6.62. The molecule has 2 atom stereocenters. The van der Waals surface area contributed by atoms with Crippen LogP contribution in [0.3, 0.4) is 0 Å². The van der Waals surface area contributed by atoms with Gasteiger partial charge in [0.2, 0.25) is 12.1 Å². The number of halogens is 6. The summed E-state index contributed by atoms with van der Waals surface area (Å²) in [5, 5.41) is 2.42. The van der Waals surface area contributed by atoms with Crippen molar-refractivity contribution < 1.29 is 35.9 Å². The number of rotatable bonds is 6. The lowest BCUT2D eigenvalue weighted by molar-refractivity contribution is -0.143.